The lowest BCUT2D eigenvalue weighted by atomic mass is 9.99. The van der Waals surface area contributed by atoms with Crippen molar-refractivity contribution in [2.45, 2.75) is 47.4 Å². The molecule has 1 saturated heterocycles. The molecule has 2 aliphatic heterocycles. The standard InChI is InChI=1S/C27H26F6N2O2S/c28-26(29,30)24-18(8-10-23(36)35-13-2-1-3-14-35)7-9-22(25(24)27(31,32)33)38-21-6-4-5-20(17-21)34-19-11-15-37-16-12-19/h1-2,4-10,17,19,34H,3,11-16H2/b10-8+. The number of hydrogen-bond donors (Lipinski definition) is 1. The zero-order chi connectivity index (χ0) is 27.3. The second kappa shape index (κ2) is 11.9. The molecule has 0 aromatic heterocycles. The van der Waals surface area contributed by atoms with Crippen LogP contribution in [-0.4, -0.2) is 43.2 Å². The number of amides is 1. The Bertz CT molecular complexity index is 1200. The molecule has 0 radical (unpaired) electrons. The zero-order valence-corrected chi connectivity index (χ0v) is 21.1. The maximum Gasteiger partial charge on any atom is 0.418 e. The Balaban J connectivity index is 1.66. The first kappa shape index (κ1) is 28.1. The topological polar surface area (TPSA) is 41.6 Å². The molecule has 2 aromatic rings. The fourth-order valence-corrected chi connectivity index (χ4v) is 5.41. The third kappa shape index (κ3) is 7.13. The molecular weight excluding hydrogens is 530 g/mol. The Kier molecular flexibility index (Phi) is 8.77. The average molecular weight is 557 g/mol. The summed E-state index contributed by atoms with van der Waals surface area (Å²) in [5.41, 5.74) is -3.63. The van der Waals surface area contributed by atoms with Crippen molar-refractivity contribution in [3.05, 3.63) is 71.3 Å². The van der Waals surface area contributed by atoms with Crippen LogP contribution in [0, 0.1) is 0 Å². The van der Waals surface area contributed by atoms with E-state index in [1.54, 1.807) is 30.3 Å². The smallest absolute Gasteiger partial charge is 0.382 e. The first-order valence-corrected chi connectivity index (χ1v) is 12.9. The minimum absolute atomic E-state index is 0.140. The molecule has 4 nitrogen and oxygen atoms in total. The Labute approximate surface area is 220 Å². The molecule has 2 aliphatic rings. The van der Waals surface area contributed by atoms with Crippen molar-refractivity contribution in [3.63, 3.8) is 0 Å². The Morgan fingerprint density at radius 3 is 2.39 bits per heavy atom. The molecule has 0 atom stereocenters. The van der Waals surface area contributed by atoms with Crippen LogP contribution in [-0.2, 0) is 21.9 Å². The number of rotatable bonds is 6. The molecule has 4 rings (SSSR count). The number of hydrogen-bond acceptors (Lipinski definition) is 4. The Morgan fingerprint density at radius 1 is 1.00 bits per heavy atom. The molecule has 0 unspecified atom stereocenters. The first-order valence-electron chi connectivity index (χ1n) is 12.1. The molecule has 38 heavy (non-hydrogen) atoms. The minimum atomic E-state index is -5.30. The summed E-state index contributed by atoms with van der Waals surface area (Å²) in [6, 6.07) is 8.70. The van der Waals surface area contributed by atoms with Crippen LogP contribution in [0.3, 0.4) is 0 Å². The van der Waals surface area contributed by atoms with Gasteiger partial charge in [-0.3, -0.25) is 4.79 Å². The molecule has 0 spiro atoms. The van der Waals surface area contributed by atoms with Gasteiger partial charge in [-0.2, -0.15) is 26.3 Å². The van der Waals surface area contributed by atoms with Crippen molar-refractivity contribution in [2.24, 2.45) is 0 Å². The Hall–Kier alpha value is -2.92. The molecule has 2 aromatic carbocycles. The second-order valence-electron chi connectivity index (χ2n) is 8.94. The van der Waals surface area contributed by atoms with Gasteiger partial charge in [0.25, 0.3) is 0 Å². The molecule has 0 bridgehead atoms. The SMILES string of the molecule is O=C(/C=C/c1ccc(Sc2cccc(NC3CCOCC3)c2)c(C(F)(F)F)c1C(F)(F)F)N1CC=CCC1. The minimum Gasteiger partial charge on any atom is -0.382 e. The molecule has 1 amide bonds. The van der Waals surface area contributed by atoms with E-state index in [2.05, 4.69) is 5.32 Å². The van der Waals surface area contributed by atoms with E-state index in [1.807, 2.05) is 6.08 Å². The number of nitrogens with one attached hydrogen (secondary N) is 1. The van der Waals surface area contributed by atoms with Crippen LogP contribution >= 0.6 is 11.8 Å². The zero-order valence-electron chi connectivity index (χ0n) is 20.2. The molecule has 1 N–H and O–H groups in total. The third-order valence-corrected chi connectivity index (χ3v) is 7.25. The highest BCUT2D eigenvalue weighted by Crippen LogP contribution is 2.48. The third-order valence-electron chi connectivity index (χ3n) is 6.20. The number of benzene rings is 2. The van der Waals surface area contributed by atoms with Crippen molar-refractivity contribution >= 4 is 29.4 Å². The number of halogens is 6. The summed E-state index contributed by atoms with van der Waals surface area (Å²) in [5.74, 6) is -0.566. The molecule has 11 heteroatoms. The van der Waals surface area contributed by atoms with E-state index in [0.29, 0.717) is 55.1 Å². The summed E-state index contributed by atoms with van der Waals surface area (Å²) in [7, 11) is 0. The second-order valence-corrected chi connectivity index (χ2v) is 10.1. The predicted octanol–water partition coefficient (Wildman–Crippen LogP) is 7.27. The highest BCUT2D eigenvalue weighted by molar-refractivity contribution is 7.99. The maximum atomic E-state index is 14.2. The van der Waals surface area contributed by atoms with Crippen LogP contribution in [0.5, 0.6) is 0 Å². The van der Waals surface area contributed by atoms with E-state index in [0.717, 1.165) is 37.1 Å². The van der Waals surface area contributed by atoms with E-state index in [9.17, 15) is 31.1 Å². The van der Waals surface area contributed by atoms with Crippen LogP contribution in [0.15, 0.2) is 64.4 Å². The lowest BCUT2D eigenvalue weighted by molar-refractivity contribution is -0.163. The van der Waals surface area contributed by atoms with E-state index in [4.69, 9.17) is 4.74 Å². The lowest BCUT2D eigenvalue weighted by Gasteiger charge is -2.24. The number of carbonyl (C=O) groups is 1. The van der Waals surface area contributed by atoms with E-state index < -0.39 is 39.8 Å². The summed E-state index contributed by atoms with van der Waals surface area (Å²) in [6.07, 6.45) is -3.11. The van der Waals surface area contributed by atoms with Gasteiger partial charge in [0.1, 0.15) is 0 Å². The molecule has 1 fully saturated rings. The molecule has 2 heterocycles. The van der Waals surface area contributed by atoms with E-state index >= 15 is 0 Å². The van der Waals surface area contributed by atoms with Crippen molar-refractivity contribution in [1.29, 1.82) is 0 Å². The van der Waals surface area contributed by atoms with Gasteiger partial charge in [-0.1, -0.05) is 36.0 Å². The van der Waals surface area contributed by atoms with Crippen molar-refractivity contribution in [2.75, 3.05) is 31.6 Å². The van der Waals surface area contributed by atoms with Gasteiger partial charge in [0, 0.05) is 53.9 Å². The number of alkyl halides is 6. The predicted molar refractivity (Wildman–Crippen MR) is 134 cm³/mol. The maximum absolute atomic E-state index is 14.2. The quantitative estimate of drug-likeness (QED) is 0.231. The molecular formula is C27H26F6N2O2S. The average Bonchev–Trinajstić information content (AvgIpc) is 2.87. The lowest BCUT2D eigenvalue weighted by Crippen LogP contribution is -2.32. The van der Waals surface area contributed by atoms with Gasteiger partial charge in [-0.15, -0.1) is 0 Å². The van der Waals surface area contributed by atoms with Gasteiger partial charge in [0.15, 0.2) is 0 Å². The van der Waals surface area contributed by atoms with Crippen LogP contribution < -0.4 is 5.32 Å². The summed E-state index contributed by atoms with van der Waals surface area (Å²) in [5, 5.41) is 3.31. The van der Waals surface area contributed by atoms with E-state index in [-0.39, 0.29) is 6.04 Å². The normalized spacial score (nSPS) is 17.3. The fraction of sp³-hybridized carbons (Fsp3) is 0.370. The molecule has 0 aliphatic carbocycles. The van der Waals surface area contributed by atoms with Gasteiger partial charge in [0.05, 0.1) is 11.1 Å². The monoisotopic (exact) mass is 556 g/mol. The number of ether oxygens (including phenoxy) is 1. The summed E-state index contributed by atoms with van der Waals surface area (Å²) in [4.78, 5) is 13.6. The largest absolute Gasteiger partial charge is 0.418 e. The summed E-state index contributed by atoms with van der Waals surface area (Å²) < 4.78 is 90.1. The van der Waals surface area contributed by atoms with Gasteiger partial charge in [-0.25, -0.2) is 0 Å². The van der Waals surface area contributed by atoms with Crippen LogP contribution in [0.2, 0.25) is 0 Å². The molecule has 204 valence electrons. The van der Waals surface area contributed by atoms with E-state index in [1.165, 1.54) is 4.90 Å². The fourth-order valence-electron chi connectivity index (χ4n) is 4.37. The van der Waals surface area contributed by atoms with Gasteiger partial charge in [0.2, 0.25) is 5.91 Å². The van der Waals surface area contributed by atoms with Crippen LogP contribution in [0.1, 0.15) is 36.0 Å². The van der Waals surface area contributed by atoms with Crippen molar-refractivity contribution in [1.82, 2.24) is 4.90 Å². The van der Waals surface area contributed by atoms with Crippen molar-refractivity contribution < 1.29 is 35.9 Å². The summed E-state index contributed by atoms with van der Waals surface area (Å²) >= 11 is 0.612. The van der Waals surface area contributed by atoms with Crippen LogP contribution in [0.4, 0.5) is 32.0 Å². The van der Waals surface area contributed by atoms with Gasteiger partial charge in [-0.05, 0) is 55.2 Å². The van der Waals surface area contributed by atoms with Gasteiger partial charge < -0.3 is 15.0 Å². The summed E-state index contributed by atoms with van der Waals surface area (Å²) in [6.45, 7) is 1.88. The number of carbonyl (C=O) groups excluding carboxylic acids is 1. The number of nitrogens with zero attached hydrogens (tertiary/aromatic N) is 1. The highest BCUT2D eigenvalue weighted by Gasteiger charge is 2.46. The van der Waals surface area contributed by atoms with Gasteiger partial charge >= 0.3 is 12.4 Å². The van der Waals surface area contributed by atoms with Crippen molar-refractivity contribution in [3.8, 4) is 0 Å². The van der Waals surface area contributed by atoms with Crippen LogP contribution in [0.25, 0.3) is 6.08 Å². The molecule has 0 saturated carbocycles. The number of anilines is 1. The highest BCUT2D eigenvalue weighted by atomic mass is 32.2. The first-order chi connectivity index (χ1) is 18.0. The Morgan fingerprint density at radius 2 is 1.74 bits per heavy atom.